The van der Waals surface area contributed by atoms with E-state index in [1.165, 1.54) is 20.3 Å². The number of rotatable bonds is 8. The van der Waals surface area contributed by atoms with Crippen molar-refractivity contribution in [2.45, 2.75) is 25.7 Å². The van der Waals surface area contributed by atoms with E-state index in [1.807, 2.05) is 19.9 Å². The monoisotopic (exact) mass is 528 g/mol. The number of hydrogen-bond acceptors (Lipinski definition) is 7. The quantitative estimate of drug-likeness (QED) is 0.161. The minimum absolute atomic E-state index is 0.00594. The zero-order valence-electron chi connectivity index (χ0n) is 22.2. The van der Waals surface area contributed by atoms with Crippen LogP contribution in [0, 0.1) is 0 Å². The fourth-order valence-electron chi connectivity index (χ4n) is 4.76. The van der Waals surface area contributed by atoms with Gasteiger partial charge in [0.1, 0.15) is 17.2 Å². The second-order valence-electron chi connectivity index (χ2n) is 9.39. The molecule has 7 nitrogen and oxygen atoms in total. The Balaban J connectivity index is 1.89. The van der Waals surface area contributed by atoms with Gasteiger partial charge >= 0.3 is 0 Å². The van der Waals surface area contributed by atoms with Gasteiger partial charge in [0, 0.05) is 23.0 Å². The molecule has 0 bridgehead atoms. The topological polar surface area (TPSA) is 120 Å². The molecule has 0 aliphatic heterocycles. The average molecular weight is 529 g/mol. The molecule has 0 aliphatic carbocycles. The van der Waals surface area contributed by atoms with Gasteiger partial charge in [-0.05, 0) is 64.7 Å². The molecule has 4 aromatic carbocycles. The lowest BCUT2D eigenvalue weighted by molar-refractivity contribution is 0.372. The molecular formula is C32H32O7. The third-order valence-corrected chi connectivity index (χ3v) is 7.01. The van der Waals surface area contributed by atoms with E-state index in [0.717, 1.165) is 16.7 Å². The molecule has 0 aliphatic rings. The van der Waals surface area contributed by atoms with Gasteiger partial charge in [-0.15, -0.1) is 0 Å². The summed E-state index contributed by atoms with van der Waals surface area (Å²) in [7, 11) is 2.93. The van der Waals surface area contributed by atoms with Crippen LogP contribution < -0.4 is 9.47 Å². The number of phenols is 5. The van der Waals surface area contributed by atoms with E-state index in [-0.39, 0.29) is 40.4 Å². The van der Waals surface area contributed by atoms with Crippen LogP contribution in [-0.2, 0) is 0 Å². The van der Waals surface area contributed by atoms with Gasteiger partial charge < -0.3 is 35.0 Å². The molecule has 7 heteroatoms. The van der Waals surface area contributed by atoms with Gasteiger partial charge in [0.2, 0.25) is 0 Å². The van der Waals surface area contributed by atoms with Gasteiger partial charge in [-0.2, -0.15) is 0 Å². The van der Waals surface area contributed by atoms with Crippen molar-refractivity contribution < 1.29 is 35.0 Å². The van der Waals surface area contributed by atoms with Crippen molar-refractivity contribution in [2.24, 2.45) is 0 Å². The first-order chi connectivity index (χ1) is 18.6. The summed E-state index contributed by atoms with van der Waals surface area (Å²) in [5.74, 6) is -0.216. The first-order valence-corrected chi connectivity index (χ1v) is 12.4. The Kier molecular flexibility index (Phi) is 7.91. The molecule has 0 saturated heterocycles. The SMILES string of the molecule is COc1cc(C(C)c2c(O)cc(/C=C/c3ccc(O)cc3)c(C(C)c3ccc(O)c(OC)c3)c2O)ccc1O. The number of benzene rings is 4. The van der Waals surface area contributed by atoms with E-state index in [4.69, 9.17) is 9.47 Å². The molecule has 202 valence electrons. The Bertz CT molecular complexity index is 1510. The van der Waals surface area contributed by atoms with Crippen molar-refractivity contribution in [2.75, 3.05) is 14.2 Å². The third kappa shape index (κ3) is 5.57. The van der Waals surface area contributed by atoms with Crippen LogP contribution in [0.2, 0.25) is 0 Å². The highest BCUT2D eigenvalue weighted by molar-refractivity contribution is 5.76. The zero-order valence-corrected chi connectivity index (χ0v) is 22.2. The van der Waals surface area contributed by atoms with Crippen LogP contribution in [0.15, 0.2) is 66.7 Å². The molecule has 4 rings (SSSR count). The number of aromatic hydroxyl groups is 5. The van der Waals surface area contributed by atoms with Crippen molar-refractivity contribution in [3.8, 4) is 40.2 Å². The standard InChI is InChI=1S/C32H32O7/c1-18(21-9-13-25(34)28(16-21)38-3)30-23(8-5-20-6-11-24(33)12-7-20)15-27(36)31(32(30)37)19(2)22-10-14-26(35)29(17-22)39-4/h5-19,33-37H,1-4H3/b8-5+. The van der Waals surface area contributed by atoms with Gasteiger partial charge in [-0.25, -0.2) is 0 Å². The van der Waals surface area contributed by atoms with Crippen LogP contribution in [-0.4, -0.2) is 39.8 Å². The predicted molar refractivity (Wildman–Crippen MR) is 151 cm³/mol. The van der Waals surface area contributed by atoms with Crippen molar-refractivity contribution >= 4 is 12.2 Å². The largest absolute Gasteiger partial charge is 0.508 e. The molecule has 0 amide bonds. The summed E-state index contributed by atoms with van der Waals surface area (Å²) < 4.78 is 10.6. The first-order valence-electron chi connectivity index (χ1n) is 12.4. The first kappa shape index (κ1) is 27.3. The van der Waals surface area contributed by atoms with E-state index in [2.05, 4.69) is 0 Å². The van der Waals surface area contributed by atoms with E-state index in [0.29, 0.717) is 22.4 Å². The van der Waals surface area contributed by atoms with E-state index >= 15 is 0 Å². The summed E-state index contributed by atoms with van der Waals surface area (Å²) in [5.41, 5.74) is 3.84. The minimum Gasteiger partial charge on any atom is -0.508 e. The average Bonchev–Trinajstić information content (AvgIpc) is 2.92. The molecule has 0 aromatic heterocycles. The van der Waals surface area contributed by atoms with Crippen LogP contribution in [0.5, 0.6) is 40.2 Å². The van der Waals surface area contributed by atoms with Crippen LogP contribution in [0.1, 0.15) is 59.1 Å². The molecular weight excluding hydrogens is 496 g/mol. The normalized spacial score (nSPS) is 12.8. The van der Waals surface area contributed by atoms with E-state index < -0.39 is 5.92 Å². The van der Waals surface area contributed by atoms with Gasteiger partial charge in [-0.3, -0.25) is 0 Å². The third-order valence-electron chi connectivity index (χ3n) is 7.01. The van der Waals surface area contributed by atoms with Crippen LogP contribution >= 0.6 is 0 Å². The second kappa shape index (κ2) is 11.3. The van der Waals surface area contributed by atoms with Crippen molar-refractivity contribution in [3.63, 3.8) is 0 Å². The zero-order chi connectivity index (χ0) is 28.3. The maximum atomic E-state index is 11.7. The lowest BCUT2D eigenvalue weighted by Crippen LogP contribution is -2.05. The highest BCUT2D eigenvalue weighted by Gasteiger charge is 2.26. The predicted octanol–water partition coefficient (Wildman–Crippen LogP) is 6.71. The van der Waals surface area contributed by atoms with E-state index in [1.54, 1.807) is 66.7 Å². The number of phenolic OH excluding ortho intramolecular Hbond substituents is 5. The minimum atomic E-state index is -0.449. The molecule has 0 heterocycles. The lowest BCUT2D eigenvalue weighted by atomic mass is 9.82. The lowest BCUT2D eigenvalue weighted by Gasteiger charge is -2.24. The Morgan fingerprint density at radius 2 is 1.10 bits per heavy atom. The summed E-state index contributed by atoms with van der Waals surface area (Å²) in [5, 5.41) is 52.6. The number of ether oxygens (including phenoxy) is 2. The van der Waals surface area contributed by atoms with Crippen LogP contribution in [0.25, 0.3) is 12.2 Å². The second-order valence-corrected chi connectivity index (χ2v) is 9.39. The maximum Gasteiger partial charge on any atom is 0.160 e. The Labute approximate surface area is 227 Å². The molecule has 0 fully saturated rings. The van der Waals surface area contributed by atoms with Gasteiger partial charge in [0.25, 0.3) is 0 Å². The van der Waals surface area contributed by atoms with Crippen molar-refractivity contribution in [3.05, 3.63) is 100 Å². The highest BCUT2D eigenvalue weighted by Crippen LogP contribution is 2.47. The summed E-state index contributed by atoms with van der Waals surface area (Å²) in [4.78, 5) is 0. The molecule has 0 spiro atoms. The highest BCUT2D eigenvalue weighted by atomic mass is 16.5. The molecule has 4 aromatic rings. The smallest absolute Gasteiger partial charge is 0.160 e. The summed E-state index contributed by atoms with van der Waals surface area (Å²) >= 11 is 0. The fourth-order valence-corrected chi connectivity index (χ4v) is 4.76. The molecule has 0 radical (unpaired) electrons. The number of hydrogen-bond donors (Lipinski definition) is 5. The van der Waals surface area contributed by atoms with Crippen molar-refractivity contribution in [1.82, 2.24) is 0 Å². The fraction of sp³-hybridized carbons (Fsp3) is 0.188. The molecule has 2 unspecified atom stereocenters. The Morgan fingerprint density at radius 3 is 1.62 bits per heavy atom. The van der Waals surface area contributed by atoms with Gasteiger partial charge in [-0.1, -0.05) is 50.3 Å². The van der Waals surface area contributed by atoms with Crippen LogP contribution in [0.4, 0.5) is 0 Å². The summed E-state index contributed by atoms with van der Waals surface area (Å²) in [6, 6.07) is 18.2. The summed E-state index contributed by atoms with van der Waals surface area (Å²) in [6.45, 7) is 3.78. The van der Waals surface area contributed by atoms with Gasteiger partial charge in [0.05, 0.1) is 14.2 Å². The van der Waals surface area contributed by atoms with Crippen molar-refractivity contribution in [1.29, 1.82) is 0 Å². The maximum absolute atomic E-state index is 11.7. The molecule has 5 N–H and O–H groups in total. The Morgan fingerprint density at radius 1 is 0.590 bits per heavy atom. The van der Waals surface area contributed by atoms with Crippen LogP contribution in [0.3, 0.4) is 0 Å². The Hall–Kier alpha value is -4.78. The number of methoxy groups -OCH3 is 2. The van der Waals surface area contributed by atoms with E-state index in [9.17, 15) is 25.5 Å². The van der Waals surface area contributed by atoms with Gasteiger partial charge in [0.15, 0.2) is 23.0 Å². The molecule has 2 atom stereocenters. The molecule has 39 heavy (non-hydrogen) atoms. The summed E-state index contributed by atoms with van der Waals surface area (Å²) in [6.07, 6.45) is 3.63. The molecule has 0 saturated carbocycles.